The van der Waals surface area contributed by atoms with Crippen LogP contribution in [0.1, 0.15) is 33.2 Å². The van der Waals surface area contributed by atoms with Crippen LogP contribution in [0.25, 0.3) is 5.70 Å². The van der Waals surface area contributed by atoms with E-state index in [0.717, 1.165) is 17.1 Å². The number of hydrogen-bond donors (Lipinski definition) is 0. The Morgan fingerprint density at radius 3 is 2.62 bits per heavy atom. The van der Waals surface area contributed by atoms with E-state index in [9.17, 15) is 9.59 Å². The first-order valence-electron chi connectivity index (χ1n) is 6.85. The first-order valence-corrected chi connectivity index (χ1v) is 8.01. The second-order valence-corrected chi connectivity index (χ2v) is 6.11. The number of fused-ring (bicyclic) bond motifs is 1. The summed E-state index contributed by atoms with van der Waals surface area (Å²) in [4.78, 5) is 24.7. The summed E-state index contributed by atoms with van der Waals surface area (Å²) < 4.78 is 1.75. The molecule has 0 amide bonds. The molecule has 0 saturated carbocycles. The van der Waals surface area contributed by atoms with Crippen LogP contribution in [0.2, 0.25) is 0 Å². The zero-order chi connectivity index (χ0) is 14.8. The lowest BCUT2D eigenvalue weighted by Crippen LogP contribution is -2.18. The van der Waals surface area contributed by atoms with E-state index in [4.69, 9.17) is 0 Å². The molecule has 0 aliphatic heterocycles. The van der Waals surface area contributed by atoms with E-state index in [2.05, 4.69) is 6.92 Å². The first-order chi connectivity index (χ1) is 10.2. The zero-order valence-electron chi connectivity index (χ0n) is 11.7. The van der Waals surface area contributed by atoms with Gasteiger partial charge in [0.15, 0.2) is 5.78 Å². The molecule has 1 aliphatic carbocycles. The molecule has 21 heavy (non-hydrogen) atoms. The summed E-state index contributed by atoms with van der Waals surface area (Å²) in [5.41, 5.74) is 2.55. The van der Waals surface area contributed by atoms with Gasteiger partial charge in [-0.3, -0.25) is 9.59 Å². The highest BCUT2D eigenvalue weighted by molar-refractivity contribution is 7.98. The van der Waals surface area contributed by atoms with E-state index < -0.39 is 0 Å². The molecule has 3 nitrogen and oxygen atoms in total. The molecule has 0 atom stereocenters. The quantitative estimate of drug-likeness (QED) is 0.864. The average molecular weight is 297 g/mol. The van der Waals surface area contributed by atoms with E-state index in [1.54, 1.807) is 28.8 Å². The van der Waals surface area contributed by atoms with Crippen LogP contribution in [0.5, 0.6) is 0 Å². The van der Waals surface area contributed by atoms with Crippen molar-refractivity contribution in [3.05, 3.63) is 65.5 Å². The topological polar surface area (TPSA) is 39.1 Å². The third kappa shape index (κ3) is 2.59. The van der Waals surface area contributed by atoms with E-state index >= 15 is 0 Å². The van der Waals surface area contributed by atoms with Crippen LogP contribution in [0.3, 0.4) is 0 Å². The lowest BCUT2D eigenvalue weighted by molar-refractivity contribution is 0.0997. The van der Waals surface area contributed by atoms with Crippen LogP contribution in [0, 0.1) is 0 Å². The SMILES string of the molecule is CCSCc1ccn(C2=CC(=O)c3ccccc3C2=O)c1. The number of allylic oxidation sites excluding steroid dienone is 2. The summed E-state index contributed by atoms with van der Waals surface area (Å²) in [6, 6.07) is 8.95. The van der Waals surface area contributed by atoms with Crippen LogP contribution in [-0.2, 0) is 5.75 Å². The van der Waals surface area contributed by atoms with Crippen LogP contribution >= 0.6 is 11.8 Å². The molecule has 1 aromatic carbocycles. The van der Waals surface area contributed by atoms with Crippen molar-refractivity contribution in [1.82, 2.24) is 4.57 Å². The van der Waals surface area contributed by atoms with Gasteiger partial charge in [0.25, 0.3) is 0 Å². The van der Waals surface area contributed by atoms with Crippen molar-refractivity contribution < 1.29 is 9.59 Å². The molecule has 0 saturated heterocycles. The van der Waals surface area contributed by atoms with Gasteiger partial charge in [0.2, 0.25) is 5.78 Å². The molecule has 0 fully saturated rings. The van der Waals surface area contributed by atoms with Crippen LogP contribution < -0.4 is 0 Å². The molecule has 1 heterocycles. The molecule has 2 aromatic rings. The predicted octanol–water partition coefficient (Wildman–Crippen LogP) is 3.66. The third-order valence-electron chi connectivity index (χ3n) is 3.44. The normalized spacial score (nSPS) is 14.0. The number of Topliss-reactive ketones (excluding diaryl/α,β-unsaturated/α-hetero) is 1. The van der Waals surface area contributed by atoms with Gasteiger partial charge in [0.1, 0.15) is 0 Å². The number of benzene rings is 1. The fourth-order valence-corrected chi connectivity index (χ4v) is 3.00. The summed E-state index contributed by atoms with van der Waals surface area (Å²) in [7, 11) is 0. The standard InChI is InChI=1S/C17H15NO2S/c1-2-21-11-12-7-8-18(10-12)15-9-16(19)13-5-3-4-6-14(13)17(15)20/h3-10H,2,11H2,1H3. The molecule has 1 aromatic heterocycles. The Hall–Kier alpha value is -2.07. The third-order valence-corrected chi connectivity index (χ3v) is 4.39. The van der Waals surface area contributed by atoms with Crippen molar-refractivity contribution in [3.8, 4) is 0 Å². The first kappa shape index (κ1) is 13.9. The summed E-state index contributed by atoms with van der Waals surface area (Å²) in [6.07, 6.45) is 5.20. The molecule has 0 N–H and O–H groups in total. The fourth-order valence-electron chi connectivity index (χ4n) is 2.39. The number of aromatic nitrogens is 1. The monoisotopic (exact) mass is 297 g/mol. The van der Waals surface area contributed by atoms with Gasteiger partial charge in [-0.05, 0) is 17.4 Å². The Morgan fingerprint density at radius 1 is 1.10 bits per heavy atom. The average Bonchev–Trinajstić information content (AvgIpc) is 2.97. The highest BCUT2D eigenvalue weighted by atomic mass is 32.2. The van der Waals surface area contributed by atoms with E-state index in [1.807, 2.05) is 30.2 Å². The van der Waals surface area contributed by atoms with Gasteiger partial charge in [0.05, 0.1) is 5.70 Å². The molecular weight excluding hydrogens is 282 g/mol. The van der Waals surface area contributed by atoms with Gasteiger partial charge in [0, 0.05) is 35.3 Å². The Bertz CT molecular complexity index is 743. The Balaban J connectivity index is 1.95. The maximum Gasteiger partial charge on any atom is 0.210 e. The zero-order valence-corrected chi connectivity index (χ0v) is 12.5. The minimum atomic E-state index is -0.113. The molecule has 3 rings (SSSR count). The molecule has 106 valence electrons. The number of nitrogens with zero attached hydrogens (tertiary/aromatic N) is 1. The van der Waals surface area contributed by atoms with E-state index in [1.165, 1.54) is 6.08 Å². The van der Waals surface area contributed by atoms with Crippen LogP contribution in [0.15, 0.2) is 48.8 Å². The molecule has 0 unspecified atom stereocenters. The minimum Gasteiger partial charge on any atom is -0.320 e. The van der Waals surface area contributed by atoms with Crippen LogP contribution in [0.4, 0.5) is 0 Å². The Kier molecular flexibility index (Phi) is 3.80. The minimum absolute atomic E-state index is 0.101. The summed E-state index contributed by atoms with van der Waals surface area (Å²) in [6.45, 7) is 2.12. The van der Waals surface area contributed by atoms with Crippen molar-refractivity contribution in [3.63, 3.8) is 0 Å². The number of rotatable bonds is 4. The molecule has 0 spiro atoms. The number of hydrogen-bond acceptors (Lipinski definition) is 3. The highest BCUT2D eigenvalue weighted by Crippen LogP contribution is 2.25. The molecule has 0 radical (unpaired) electrons. The van der Waals surface area contributed by atoms with Gasteiger partial charge >= 0.3 is 0 Å². The lowest BCUT2D eigenvalue weighted by atomic mass is 9.93. The van der Waals surface area contributed by atoms with Gasteiger partial charge in [-0.25, -0.2) is 0 Å². The Labute approximate surface area is 127 Å². The Morgan fingerprint density at radius 2 is 1.86 bits per heavy atom. The molecule has 0 bridgehead atoms. The maximum absolute atomic E-state index is 12.5. The van der Waals surface area contributed by atoms with Crippen LogP contribution in [-0.4, -0.2) is 21.9 Å². The summed E-state index contributed by atoms with van der Waals surface area (Å²) >= 11 is 1.83. The molecular formula is C17H15NO2S. The van der Waals surface area contributed by atoms with Gasteiger partial charge in [-0.1, -0.05) is 31.2 Å². The van der Waals surface area contributed by atoms with Crippen molar-refractivity contribution >= 4 is 29.0 Å². The predicted molar refractivity (Wildman–Crippen MR) is 85.6 cm³/mol. The van der Waals surface area contributed by atoms with Crippen molar-refractivity contribution in [2.24, 2.45) is 0 Å². The summed E-state index contributed by atoms with van der Waals surface area (Å²) in [5, 5.41) is 0. The second kappa shape index (κ2) is 5.74. The maximum atomic E-state index is 12.5. The van der Waals surface area contributed by atoms with Crippen molar-refractivity contribution in [2.45, 2.75) is 12.7 Å². The number of carbonyl (C=O) groups is 2. The number of thioether (sulfide) groups is 1. The lowest BCUT2D eigenvalue weighted by Gasteiger charge is -2.15. The van der Waals surface area contributed by atoms with Crippen molar-refractivity contribution in [2.75, 3.05) is 5.75 Å². The fraction of sp³-hybridized carbons (Fsp3) is 0.176. The summed E-state index contributed by atoms with van der Waals surface area (Å²) in [5.74, 6) is 1.75. The molecule has 1 aliphatic rings. The highest BCUT2D eigenvalue weighted by Gasteiger charge is 2.25. The molecule has 4 heteroatoms. The van der Waals surface area contributed by atoms with E-state index in [0.29, 0.717) is 16.8 Å². The van der Waals surface area contributed by atoms with Gasteiger partial charge in [-0.15, -0.1) is 0 Å². The number of ketones is 2. The van der Waals surface area contributed by atoms with Gasteiger partial charge < -0.3 is 4.57 Å². The van der Waals surface area contributed by atoms with Crippen molar-refractivity contribution in [1.29, 1.82) is 0 Å². The largest absolute Gasteiger partial charge is 0.320 e. The van der Waals surface area contributed by atoms with Gasteiger partial charge in [-0.2, -0.15) is 11.8 Å². The van der Waals surface area contributed by atoms with E-state index in [-0.39, 0.29) is 11.6 Å². The number of carbonyl (C=O) groups excluding carboxylic acids is 2. The second-order valence-electron chi connectivity index (χ2n) is 4.83. The smallest absolute Gasteiger partial charge is 0.210 e.